The number of hydrogen-bond acceptors (Lipinski definition) is 6. The van der Waals surface area contributed by atoms with Crippen LogP contribution in [0.25, 0.3) is 0 Å². The fraction of sp³-hybridized carbons (Fsp3) is 0.562. The fourth-order valence-corrected chi connectivity index (χ4v) is 3.05. The standard InChI is InChI=1S/C16H24ClN3O4/c1-23-14-8-12(18)11(17)7-10(14)16(22)19-13-3-4-20(5-6-21)9-15(13)24-2/h7-8,13,15,21H,3-6,9,18H2,1-2H3,(H,19,22)/t13-,15+/m1/s1. The summed E-state index contributed by atoms with van der Waals surface area (Å²) in [6.07, 6.45) is 0.583. The number of β-amino-alcohol motifs (C(OH)–C–C–N with tert-alkyl or cyclic N) is 1. The molecule has 0 aromatic heterocycles. The van der Waals surface area contributed by atoms with Crippen LogP contribution in [-0.4, -0.2) is 68.5 Å². The lowest BCUT2D eigenvalue weighted by Crippen LogP contribution is -2.55. The molecule has 1 aromatic rings. The van der Waals surface area contributed by atoms with Crippen LogP contribution >= 0.6 is 11.6 Å². The topological polar surface area (TPSA) is 97.0 Å². The van der Waals surface area contributed by atoms with Crippen LogP contribution in [0.4, 0.5) is 5.69 Å². The number of anilines is 1. The van der Waals surface area contributed by atoms with Crippen LogP contribution in [-0.2, 0) is 4.74 Å². The van der Waals surface area contributed by atoms with Gasteiger partial charge in [0.1, 0.15) is 5.75 Å². The lowest BCUT2D eigenvalue weighted by molar-refractivity contribution is 0.00228. The average Bonchev–Trinajstić information content (AvgIpc) is 2.58. The third-order valence-electron chi connectivity index (χ3n) is 4.24. The molecule has 0 aliphatic carbocycles. The van der Waals surface area contributed by atoms with Crippen LogP contribution in [0.2, 0.25) is 5.02 Å². The van der Waals surface area contributed by atoms with Crippen molar-refractivity contribution in [2.24, 2.45) is 0 Å². The van der Waals surface area contributed by atoms with Crippen molar-refractivity contribution in [3.8, 4) is 5.75 Å². The van der Waals surface area contributed by atoms with Crippen LogP contribution in [0.5, 0.6) is 5.75 Å². The lowest BCUT2D eigenvalue weighted by atomic mass is 10.0. The minimum atomic E-state index is -0.281. The summed E-state index contributed by atoms with van der Waals surface area (Å²) in [4.78, 5) is 14.7. The maximum absolute atomic E-state index is 12.6. The smallest absolute Gasteiger partial charge is 0.255 e. The van der Waals surface area contributed by atoms with E-state index in [1.54, 1.807) is 7.11 Å². The van der Waals surface area contributed by atoms with E-state index in [1.807, 2.05) is 0 Å². The molecule has 1 heterocycles. The first-order valence-corrected chi connectivity index (χ1v) is 8.17. The molecular weight excluding hydrogens is 334 g/mol. The number of hydrogen-bond donors (Lipinski definition) is 3. The first-order chi connectivity index (χ1) is 11.5. The number of nitrogens with zero attached hydrogens (tertiary/aromatic N) is 1. The second-order valence-electron chi connectivity index (χ2n) is 5.74. The highest BCUT2D eigenvalue weighted by atomic mass is 35.5. The Labute approximate surface area is 146 Å². The Kier molecular flexibility index (Phi) is 6.68. The van der Waals surface area contributed by atoms with Gasteiger partial charge in [0.2, 0.25) is 0 Å². The Hall–Kier alpha value is -1.54. The molecule has 1 saturated heterocycles. The van der Waals surface area contributed by atoms with Crippen molar-refractivity contribution in [3.05, 3.63) is 22.7 Å². The predicted molar refractivity (Wildman–Crippen MR) is 92.6 cm³/mol. The quantitative estimate of drug-likeness (QED) is 0.650. The van der Waals surface area contributed by atoms with Crippen molar-refractivity contribution in [1.29, 1.82) is 0 Å². The number of methoxy groups -OCH3 is 2. The second-order valence-corrected chi connectivity index (χ2v) is 6.15. The maximum Gasteiger partial charge on any atom is 0.255 e. The van der Waals surface area contributed by atoms with Gasteiger partial charge in [0.05, 0.1) is 42.1 Å². The van der Waals surface area contributed by atoms with E-state index in [0.29, 0.717) is 35.1 Å². The van der Waals surface area contributed by atoms with Gasteiger partial charge >= 0.3 is 0 Å². The van der Waals surface area contributed by atoms with Crippen molar-refractivity contribution < 1.29 is 19.4 Å². The third kappa shape index (κ3) is 4.30. The Morgan fingerprint density at radius 1 is 1.50 bits per heavy atom. The summed E-state index contributed by atoms with van der Waals surface area (Å²) in [5.74, 6) is 0.0949. The van der Waals surface area contributed by atoms with Gasteiger partial charge in [0.15, 0.2) is 0 Å². The number of benzene rings is 1. The molecule has 1 fully saturated rings. The van der Waals surface area contributed by atoms with E-state index in [1.165, 1.54) is 19.2 Å². The number of halogens is 1. The Morgan fingerprint density at radius 3 is 2.88 bits per heavy atom. The molecule has 2 atom stereocenters. The molecule has 1 aromatic carbocycles. The summed E-state index contributed by atoms with van der Waals surface area (Å²) in [7, 11) is 3.09. The van der Waals surface area contributed by atoms with Crippen LogP contribution < -0.4 is 15.8 Å². The number of nitrogens with two attached hydrogens (primary N) is 1. The van der Waals surface area contributed by atoms with Gasteiger partial charge in [0.25, 0.3) is 5.91 Å². The van der Waals surface area contributed by atoms with Crippen molar-refractivity contribution in [2.75, 3.05) is 46.2 Å². The van der Waals surface area contributed by atoms with Gasteiger partial charge in [-0.15, -0.1) is 0 Å². The number of amides is 1. The van der Waals surface area contributed by atoms with Crippen molar-refractivity contribution in [2.45, 2.75) is 18.6 Å². The van der Waals surface area contributed by atoms with E-state index in [0.717, 1.165) is 13.0 Å². The van der Waals surface area contributed by atoms with Crippen molar-refractivity contribution in [3.63, 3.8) is 0 Å². The van der Waals surface area contributed by atoms with Crippen LogP contribution in [0.15, 0.2) is 12.1 Å². The molecule has 0 radical (unpaired) electrons. The molecule has 4 N–H and O–H groups in total. The molecule has 134 valence electrons. The Bertz CT molecular complexity index is 585. The Morgan fingerprint density at radius 2 is 2.25 bits per heavy atom. The van der Waals surface area contributed by atoms with Gasteiger partial charge in [-0.25, -0.2) is 0 Å². The van der Waals surface area contributed by atoms with E-state index in [9.17, 15) is 4.79 Å². The summed E-state index contributed by atoms with van der Waals surface area (Å²) in [5, 5.41) is 12.3. The van der Waals surface area contributed by atoms with Crippen LogP contribution in [0.3, 0.4) is 0 Å². The summed E-state index contributed by atoms with van der Waals surface area (Å²) >= 11 is 6.02. The van der Waals surface area contributed by atoms with Gasteiger partial charge in [-0.05, 0) is 12.5 Å². The first kappa shape index (κ1) is 18.8. The van der Waals surface area contributed by atoms with Gasteiger partial charge < -0.3 is 25.6 Å². The van der Waals surface area contributed by atoms with Gasteiger partial charge in [-0.2, -0.15) is 0 Å². The number of aliphatic hydroxyl groups is 1. The summed E-state index contributed by atoms with van der Waals surface area (Å²) in [6.45, 7) is 2.14. The summed E-state index contributed by atoms with van der Waals surface area (Å²) < 4.78 is 10.7. The van der Waals surface area contributed by atoms with E-state index in [4.69, 9.17) is 31.9 Å². The van der Waals surface area contributed by atoms with E-state index >= 15 is 0 Å². The highest BCUT2D eigenvalue weighted by molar-refractivity contribution is 6.33. The molecule has 1 aliphatic heterocycles. The molecular formula is C16H24ClN3O4. The molecule has 24 heavy (non-hydrogen) atoms. The number of likely N-dealkylation sites (tertiary alicyclic amines) is 1. The zero-order chi connectivity index (χ0) is 17.7. The number of rotatable bonds is 6. The van der Waals surface area contributed by atoms with E-state index in [2.05, 4.69) is 10.2 Å². The number of carbonyl (C=O) groups excluding carboxylic acids is 1. The molecule has 7 nitrogen and oxygen atoms in total. The average molecular weight is 358 g/mol. The molecule has 0 spiro atoms. The zero-order valence-electron chi connectivity index (χ0n) is 13.9. The number of aliphatic hydroxyl groups excluding tert-OH is 1. The number of nitrogens with one attached hydrogen (secondary N) is 1. The maximum atomic E-state index is 12.6. The molecule has 0 bridgehead atoms. The molecule has 2 rings (SSSR count). The van der Waals surface area contributed by atoms with Crippen LogP contribution in [0.1, 0.15) is 16.8 Å². The highest BCUT2D eigenvalue weighted by Crippen LogP contribution is 2.29. The second kappa shape index (κ2) is 8.53. The fourth-order valence-electron chi connectivity index (χ4n) is 2.89. The zero-order valence-corrected chi connectivity index (χ0v) is 14.7. The van der Waals surface area contributed by atoms with Gasteiger partial charge in [0, 0.05) is 32.8 Å². The minimum absolute atomic E-state index is 0.106. The van der Waals surface area contributed by atoms with Gasteiger partial charge in [-0.3, -0.25) is 9.69 Å². The predicted octanol–water partition coefficient (Wildman–Crippen LogP) is 0.742. The largest absolute Gasteiger partial charge is 0.496 e. The Balaban J connectivity index is 2.10. The highest BCUT2D eigenvalue weighted by Gasteiger charge is 2.31. The number of ether oxygens (including phenoxy) is 2. The first-order valence-electron chi connectivity index (χ1n) is 7.80. The lowest BCUT2D eigenvalue weighted by Gasteiger charge is -2.37. The van der Waals surface area contributed by atoms with Crippen LogP contribution in [0, 0.1) is 0 Å². The molecule has 0 unspecified atom stereocenters. The van der Waals surface area contributed by atoms with Crippen molar-refractivity contribution in [1.82, 2.24) is 10.2 Å². The van der Waals surface area contributed by atoms with E-state index < -0.39 is 0 Å². The third-order valence-corrected chi connectivity index (χ3v) is 4.57. The molecule has 1 amide bonds. The normalized spacial score (nSPS) is 21.5. The summed E-state index contributed by atoms with van der Waals surface area (Å²) in [6, 6.07) is 2.92. The molecule has 1 aliphatic rings. The SMILES string of the molecule is COc1cc(N)c(Cl)cc1C(=O)N[C@@H]1CCN(CCO)C[C@@H]1OC. The number of carbonyl (C=O) groups is 1. The van der Waals surface area contributed by atoms with Crippen molar-refractivity contribution >= 4 is 23.2 Å². The number of nitrogen functional groups attached to an aromatic ring is 1. The summed E-state index contributed by atoms with van der Waals surface area (Å²) in [5.41, 5.74) is 6.44. The number of piperidine rings is 1. The monoisotopic (exact) mass is 357 g/mol. The molecule has 0 saturated carbocycles. The van der Waals surface area contributed by atoms with E-state index in [-0.39, 0.29) is 24.7 Å². The molecule has 8 heteroatoms. The van der Waals surface area contributed by atoms with Gasteiger partial charge in [-0.1, -0.05) is 11.6 Å². The minimum Gasteiger partial charge on any atom is -0.496 e.